The zero-order valence-electron chi connectivity index (χ0n) is 6.66. The lowest BCUT2D eigenvalue weighted by Crippen LogP contribution is -2.20. The Morgan fingerprint density at radius 2 is 2.58 bits per heavy atom. The second-order valence-corrected chi connectivity index (χ2v) is 5.62. The quantitative estimate of drug-likeness (QED) is 0.744. The highest BCUT2D eigenvalue weighted by molar-refractivity contribution is 7.87. The zero-order chi connectivity index (χ0) is 8.55. The number of thiophene rings is 1. The van der Waals surface area contributed by atoms with Crippen LogP contribution < -0.4 is 5.73 Å². The number of nitrogens with two attached hydrogens (primary N) is 1. The Hall–Kier alpha value is -0.190. The lowest BCUT2D eigenvalue weighted by Gasteiger charge is -2.19. The molecule has 2 rings (SSSR count). The fraction of sp³-hybridized carbons (Fsp3) is 0.500. The summed E-state index contributed by atoms with van der Waals surface area (Å²) in [5.74, 6) is 1.24. The molecule has 4 heteroatoms. The summed E-state index contributed by atoms with van der Waals surface area (Å²) in [5, 5.41) is 2.01. The van der Waals surface area contributed by atoms with E-state index in [1.54, 1.807) is 11.3 Å². The second kappa shape index (κ2) is 3.28. The van der Waals surface area contributed by atoms with Crippen molar-refractivity contribution in [2.24, 2.45) is 5.73 Å². The Labute approximate surface area is 78.2 Å². The van der Waals surface area contributed by atoms with Crippen LogP contribution in [-0.2, 0) is 10.8 Å². The fourth-order valence-electron chi connectivity index (χ4n) is 1.54. The summed E-state index contributed by atoms with van der Waals surface area (Å²) < 4.78 is 12.5. The third-order valence-electron chi connectivity index (χ3n) is 2.24. The van der Waals surface area contributed by atoms with Gasteiger partial charge in [0.25, 0.3) is 0 Å². The van der Waals surface area contributed by atoms with E-state index in [0.29, 0.717) is 12.5 Å². The molecule has 2 heterocycles. The summed E-state index contributed by atoms with van der Waals surface area (Å²) in [4.78, 5) is 0. The highest BCUT2D eigenvalue weighted by Gasteiger charge is 2.24. The first-order valence-corrected chi connectivity index (χ1v) is 6.18. The summed E-state index contributed by atoms with van der Waals surface area (Å²) in [7, 11) is -0.743. The van der Waals surface area contributed by atoms with Gasteiger partial charge in [-0.3, -0.25) is 4.21 Å². The zero-order valence-corrected chi connectivity index (χ0v) is 8.29. The Morgan fingerprint density at radius 3 is 3.33 bits per heavy atom. The molecule has 1 aliphatic rings. The molecule has 0 aromatic carbocycles. The van der Waals surface area contributed by atoms with Crippen LogP contribution in [0.5, 0.6) is 0 Å². The average Bonchev–Trinajstić information content (AvgIpc) is 2.54. The minimum atomic E-state index is -0.743. The molecule has 1 aliphatic heterocycles. The molecule has 12 heavy (non-hydrogen) atoms. The number of fused-ring (bicyclic) bond motifs is 1. The summed E-state index contributed by atoms with van der Waals surface area (Å²) in [6.07, 6.45) is 0.979. The highest BCUT2D eigenvalue weighted by Crippen LogP contribution is 2.34. The molecule has 66 valence electrons. The third kappa shape index (κ3) is 1.24. The summed E-state index contributed by atoms with van der Waals surface area (Å²) >= 11 is 1.60. The Morgan fingerprint density at radius 1 is 1.75 bits per heavy atom. The summed E-state index contributed by atoms with van der Waals surface area (Å²) in [5.41, 5.74) is 6.86. The van der Waals surface area contributed by atoms with Crippen LogP contribution in [-0.4, -0.2) is 16.5 Å². The number of rotatable bonds is 1. The van der Waals surface area contributed by atoms with Gasteiger partial charge in [-0.2, -0.15) is 0 Å². The van der Waals surface area contributed by atoms with Crippen molar-refractivity contribution in [1.29, 1.82) is 0 Å². The predicted molar refractivity (Wildman–Crippen MR) is 52.0 cm³/mol. The van der Waals surface area contributed by atoms with Crippen LogP contribution in [0.1, 0.15) is 17.9 Å². The van der Waals surface area contributed by atoms with Crippen molar-refractivity contribution >= 4 is 22.1 Å². The third-order valence-corrected chi connectivity index (χ3v) is 5.07. The minimum absolute atomic E-state index is 0.448. The van der Waals surface area contributed by atoms with Gasteiger partial charge in [0.2, 0.25) is 0 Å². The van der Waals surface area contributed by atoms with E-state index >= 15 is 0 Å². The molecule has 1 aromatic rings. The maximum Gasteiger partial charge on any atom is 0.0945 e. The molecule has 0 saturated heterocycles. The van der Waals surface area contributed by atoms with E-state index in [9.17, 15) is 4.21 Å². The molecule has 2 N–H and O–H groups in total. The average molecular weight is 201 g/mol. The van der Waals surface area contributed by atoms with Gasteiger partial charge in [0.05, 0.1) is 15.0 Å². The SMILES string of the molecule is NC[C@@H]1CC[S@](=O)c2sccc21. The molecule has 2 nitrogen and oxygen atoms in total. The second-order valence-electron chi connectivity index (χ2n) is 2.93. The van der Waals surface area contributed by atoms with Crippen molar-refractivity contribution in [2.75, 3.05) is 12.3 Å². The van der Waals surface area contributed by atoms with Crippen molar-refractivity contribution in [2.45, 2.75) is 16.5 Å². The van der Waals surface area contributed by atoms with Crippen molar-refractivity contribution in [3.05, 3.63) is 17.0 Å². The van der Waals surface area contributed by atoms with Crippen LogP contribution in [0.2, 0.25) is 0 Å². The lowest BCUT2D eigenvalue weighted by atomic mass is 9.99. The predicted octanol–water partition coefficient (Wildman–Crippen LogP) is 1.30. The van der Waals surface area contributed by atoms with Crippen LogP contribution in [0.25, 0.3) is 0 Å². The smallest absolute Gasteiger partial charge is 0.0945 e. The first kappa shape index (κ1) is 8.41. The molecule has 2 atom stereocenters. The largest absolute Gasteiger partial charge is 0.330 e. The molecule has 0 radical (unpaired) electrons. The molecule has 0 fully saturated rings. The van der Waals surface area contributed by atoms with E-state index in [2.05, 4.69) is 6.07 Å². The van der Waals surface area contributed by atoms with Crippen LogP contribution in [0.15, 0.2) is 15.7 Å². The van der Waals surface area contributed by atoms with Crippen LogP contribution >= 0.6 is 11.3 Å². The molecule has 1 aromatic heterocycles. The van der Waals surface area contributed by atoms with Crippen LogP contribution in [0.4, 0.5) is 0 Å². The highest BCUT2D eigenvalue weighted by atomic mass is 32.2. The van der Waals surface area contributed by atoms with E-state index in [1.165, 1.54) is 5.56 Å². The van der Waals surface area contributed by atoms with Gasteiger partial charge < -0.3 is 5.73 Å². The molecule has 0 unspecified atom stereocenters. The Bertz CT molecular complexity index is 308. The molecule has 0 bridgehead atoms. The fourth-order valence-corrected chi connectivity index (χ4v) is 4.27. The molecule has 0 saturated carbocycles. The van der Waals surface area contributed by atoms with E-state index in [1.807, 2.05) is 5.38 Å². The monoisotopic (exact) mass is 201 g/mol. The van der Waals surface area contributed by atoms with Crippen molar-refractivity contribution in [1.82, 2.24) is 0 Å². The van der Waals surface area contributed by atoms with Crippen LogP contribution in [0.3, 0.4) is 0 Å². The first-order valence-electron chi connectivity index (χ1n) is 3.98. The van der Waals surface area contributed by atoms with Crippen molar-refractivity contribution < 1.29 is 4.21 Å². The summed E-state index contributed by atoms with van der Waals surface area (Å²) in [6.45, 7) is 0.681. The molecular weight excluding hydrogens is 190 g/mol. The standard InChI is InChI=1S/C8H11NOS2/c9-5-6-2-4-12(10)8-7(6)1-3-11-8/h1,3,6H,2,4-5,9H2/t6-,12-/m0/s1. The summed E-state index contributed by atoms with van der Waals surface area (Å²) in [6, 6.07) is 2.06. The first-order chi connectivity index (χ1) is 5.83. The van der Waals surface area contributed by atoms with Gasteiger partial charge in [0.15, 0.2) is 0 Å². The van der Waals surface area contributed by atoms with Crippen molar-refractivity contribution in [3.63, 3.8) is 0 Å². The van der Waals surface area contributed by atoms with Gasteiger partial charge in [-0.25, -0.2) is 0 Å². The van der Waals surface area contributed by atoms with Gasteiger partial charge >= 0.3 is 0 Å². The van der Waals surface area contributed by atoms with E-state index in [-0.39, 0.29) is 0 Å². The number of hydrogen-bond donors (Lipinski definition) is 1. The van der Waals surface area contributed by atoms with E-state index < -0.39 is 10.8 Å². The Kier molecular flexibility index (Phi) is 2.30. The molecule has 0 spiro atoms. The van der Waals surface area contributed by atoms with Gasteiger partial charge in [-0.1, -0.05) is 0 Å². The van der Waals surface area contributed by atoms with E-state index in [4.69, 9.17) is 5.73 Å². The lowest BCUT2D eigenvalue weighted by molar-refractivity contribution is 0.633. The molecule has 0 amide bonds. The maximum absolute atomic E-state index is 11.5. The Balaban J connectivity index is 2.42. The van der Waals surface area contributed by atoms with E-state index in [0.717, 1.165) is 16.4 Å². The molecular formula is C8H11NOS2. The minimum Gasteiger partial charge on any atom is -0.330 e. The van der Waals surface area contributed by atoms with Gasteiger partial charge in [-0.15, -0.1) is 11.3 Å². The topological polar surface area (TPSA) is 43.1 Å². The normalized spacial score (nSPS) is 28.4. The van der Waals surface area contributed by atoms with Gasteiger partial charge in [0, 0.05) is 5.75 Å². The van der Waals surface area contributed by atoms with Crippen LogP contribution in [0, 0.1) is 0 Å². The van der Waals surface area contributed by atoms with Gasteiger partial charge in [-0.05, 0) is 35.9 Å². The number of hydrogen-bond acceptors (Lipinski definition) is 3. The molecule has 0 aliphatic carbocycles. The van der Waals surface area contributed by atoms with Crippen molar-refractivity contribution in [3.8, 4) is 0 Å². The van der Waals surface area contributed by atoms with Gasteiger partial charge in [0.1, 0.15) is 0 Å². The maximum atomic E-state index is 11.5.